The lowest BCUT2D eigenvalue weighted by atomic mass is 9.97. The summed E-state index contributed by atoms with van der Waals surface area (Å²) >= 11 is 6.66. The monoisotopic (exact) mass is 1300 g/mol. The highest BCUT2D eigenvalue weighted by Gasteiger charge is 2.43. The van der Waals surface area contributed by atoms with E-state index >= 15 is 8.78 Å². The lowest BCUT2D eigenvalue weighted by Gasteiger charge is -2.31. The Bertz CT molecular complexity index is 3820. The average molecular weight is 1300 g/mol. The Labute approximate surface area is 523 Å². The van der Waals surface area contributed by atoms with Crippen molar-refractivity contribution < 1.29 is 62.9 Å². The zero-order valence-electron chi connectivity index (χ0n) is 50.7. The maximum atomic E-state index is 16.4. The number of alkyl halides is 8. The third kappa shape index (κ3) is 13.0. The summed E-state index contributed by atoms with van der Waals surface area (Å²) in [5.41, 5.74) is 13.7. The Balaban J connectivity index is 0.000000146. The molecule has 488 valence electrons. The number of fused-ring (bicyclic) bond motifs is 4. The van der Waals surface area contributed by atoms with Crippen LogP contribution >= 0.6 is 11.6 Å². The Hall–Kier alpha value is -7.65. The lowest BCUT2D eigenvalue weighted by molar-refractivity contribution is -0.138. The fourth-order valence-corrected chi connectivity index (χ4v) is 14.2. The van der Waals surface area contributed by atoms with Crippen molar-refractivity contribution in [2.45, 2.75) is 134 Å². The number of methoxy groups -OCH3 is 2. The lowest BCUT2D eigenvalue weighted by Crippen LogP contribution is -2.38. The summed E-state index contributed by atoms with van der Waals surface area (Å²) in [6.07, 6.45) is 1.43. The van der Waals surface area contributed by atoms with Crippen LogP contribution in [0.3, 0.4) is 0 Å². The number of hydrogen-bond donors (Lipinski definition) is 3. The summed E-state index contributed by atoms with van der Waals surface area (Å²) in [6, 6.07) is 9.77. The van der Waals surface area contributed by atoms with Gasteiger partial charge in [-0.2, -0.15) is 26.3 Å². The minimum atomic E-state index is -4.87. The van der Waals surface area contributed by atoms with Gasteiger partial charge in [0.2, 0.25) is 17.6 Å². The molecule has 0 radical (unpaired) electrons. The van der Waals surface area contributed by atoms with Gasteiger partial charge in [-0.15, -0.1) is 0 Å². The van der Waals surface area contributed by atoms with Gasteiger partial charge >= 0.3 is 12.4 Å². The van der Waals surface area contributed by atoms with Gasteiger partial charge in [0.05, 0.1) is 88.1 Å². The van der Waals surface area contributed by atoms with Crippen molar-refractivity contribution in [2.24, 2.45) is 0 Å². The molecular weight excluding hydrogens is 1230 g/mol. The van der Waals surface area contributed by atoms with Gasteiger partial charge in [0, 0.05) is 61.2 Å². The van der Waals surface area contributed by atoms with Gasteiger partial charge in [0.25, 0.3) is 0 Å². The number of aryl methyl sites for hydroxylation is 2. The van der Waals surface area contributed by atoms with Crippen LogP contribution in [-0.2, 0) is 12.4 Å². The minimum Gasteiger partial charge on any atom is -0.489 e. The molecule has 6 unspecified atom stereocenters. The molecule has 6 atom stereocenters. The topological polar surface area (TPSA) is 205 Å². The van der Waals surface area contributed by atoms with E-state index in [0.717, 1.165) is 70.3 Å². The first kappa shape index (κ1) is 64.9. The standard InChI is InChI=1S/C26H23ClF4N6O2.C23H23F4N5O2.2C7H12FN/c1-11-9-15(32)35-22(19(11)26(29,30)31)18-20(27)24-17-14(10-16(38-3)36-23(17)21(18)28)37(7-8-39-24)12(2)13-5-4-6-34-25(13)33;1-11-18(23(25,26)27)13(8-15(28)29-11)20-19(24)21-17-14(9-16(30-21)33-2)32-7-5-3-4-6-12(32)10-34-22(17)31-20;2*8-6-4-7-2-1-3-9(7)5-6/h4-6,9-10,12H,7-8H2,1-3H3,(H2,32,35)(H2,33,34);8-9,12H,3-7,10H2,1-2H3,(H2,28,29);2*6-7H,1-5H2. The molecule has 28 heteroatoms. The van der Waals surface area contributed by atoms with Crippen LogP contribution in [0, 0.1) is 25.5 Å². The summed E-state index contributed by atoms with van der Waals surface area (Å²) in [6.45, 7) is 9.36. The highest BCUT2D eigenvalue weighted by atomic mass is 35.5. The van der Waals surface area contributed by atoms with Crippen LogP contribution in [0.25, 0.3) is 44.3 Å². The van der Waals surface area contributed by atoms with Crippen molar-refractivity contribution >= 4 is 62.2 Å². The van der Waals surface area contributed by atoms with Gasteiger partial charge in [-0.1, -0.05) is 30.5 Å². The number of benzene rings is 1. The van der Waals surface area contributed by atoms with E-state index in [1.54, 1.807) is 24.4 Å². The van der Waals surface area contributed by atoms with E-state index in [1.807, 2.05) is 17.9 Å². The van der Waals surface area contributed by atoms with Crippen LogP contribution in [0.5, 0.6) is 23.4 Å². The number of nitrogens with two attached hydrogens (primary N) is 3. The van der Waals surface area contributed by atoms with E-state index in [2.05, 4.69) is 44.6 Å². The second kappa shape index (κ2) is 26.2. The molecule has 0 spiro atoms. The molecule has 0 aliphatic carbocycles. The third-order valence-corrected chi connectivity index (χ3v) is 18.4. The zero-order valence-corrected chi connectivity index (χ0v) is 51.5. The SMILES string of the molecule is COc1cc2c3c(c(Cl)c(-c4nc(N)cc(C)c4C(F)(F)F)c(F)c3n1)OCCN2C(C)c1cccnc1N.COc1cc2c3c(nc(-c4cc(N)nc(C)c4C(F)(F)F)c(F)c3n1)OCC1CCCCCN21.FC1CC2CCCN2C1.FC1CC2CCCN2C1. The van der Waals surface area contributed by atoms with E-state index in [4.69, 9.17) is 47.7 Å². The highest BCUT2D eigenvalue weighted by molar-refractivity contribution is 6.36. The van der Waals surface area contributed by atoms with E-state index in [9.17, 15) is 35.1 Å². The van der Waals surface area contributed by atoms with E-state index in [-0.39, 0.29) is 93.0 Å². The van der Waals surface area contributed by atoms with E-state index in [0.29, 0.717) is 59.9 Å². The molecule has 0 saturated carbocycles. The van der Waals surface area contributed by atoms with Gasteiger partial charge in [-0.25, -0.2) is 47.5 Å². The van der Waals surface area contributed by atoms with Gasteiger partial charge < -0.3 is 45.9 Å². The van der Waals surface area contributed by atoms with Crippen LogP contribution in [0.15, 0.2) is 42.6 Å². The van der Waals surface area contributed by atoms with Gasteiger partial charge in [0.1, 0.15) is 65.5 Å². The maximum Gasteiger partial charge on any atom is 0.418 e. The number of aromatic nitrogens is 6. The second-order valence-corrected chi connectivity index (χ2v) is 24.2. The molecule has 6 aromatic heterocycles. The average Bonchev–Trinajstić information content (AvgIpc) is 1.65. The predicted molar refractivity (Wildman–Crippen MR) is 327 cm³/mol. The van der Waals surface area contributed by atoms with Crippen LogP contribution in [0.2, 0.25) is 5.02 Å². The largest absolute Gasteiger partial charge is 0.489 e. The summed E-state index contributed by atoms with van der Waals surface area (Å²) in [5, 5.41) is 0.105. The number of anilines is 5. The molecule has 6 N–H and O–H groups in total. The van der Waals surface area contributed by atoms with E-state index < -0.39 is 70.0 Å². The third-order valence-electron chi connectivity index (χ3n) is 18.0. The Kier molecular flexibility index (Phi) is 18.6. The molecular formula is C63H70ClF10N13O4. The quantitative estimate of drug-likeness (QED) is 0.132. The minimum absolute atomic E-state index is 0.0167. The molecule has 7 aliphatic heterocycles. The molecule has 0 bridgehead atoms. The molecule has 5 saturated heterocycles. The van der Waals surface area contributed by atoms with Crippen molar-refractivity contribution in [2.75, 3.05) is 93.7 Å². The van der Waals surface area contributed by atoms with Crippen molar-refractivity contribution in [3.63, 3.8) is 0 Å². The molecule has 7 aromatic rings. The number of pyridine rings is 6. The Morgan fingerprint density at radius 1 is 0.670 bits per heavy atom. The normalized spacial score (nSPS) is 21.5. The highest BCUT2D eigenvalue weighted by Crippen LogP contribution is 2.52. The van der Waals surface area contributed by atoms with Crippen molar-refractivity contribution in [3.8, 4) is 45.9 Å². The summed E-state index contributed by atoms with van der Waals surface area (Å²) in [5.74, 6) is -2.05. The molecule has 0 amide bonds. The van der Waals surface area contributed by atoms with Crippen LogP contribution in [-0.4, -0.2) is 137 Å². The van der Waals surface area contributed by atoms with Gasteiger partial charge in [-0.05, 0) is 109 Å². The van der Waals surface area contributed by atoms with Crippen LogP contribution in [0.4, 0.5) is 72.7 Å². The second-order valence-electron chi connectivity index (χ2n) is 23.8. The maximum absolute atomic E-state index is 16.4. The number of ether oxygens (including phenoxy) is 4. The van der Waals surface area contributed by atoms with Crippen molar-refractivity contribution in [1.29, 1.82) is 0 Å². The first-order valence-electron chi connectivity index (χ1n) is 30.3. The molecule has 14 rings (SSSR count). The zero-order chi connectivity index (χ0) is 65.0. The number of rotatable bonds is 6. The molecule has 1 aromatic carbocycles. The molecule has 91 heavy (non-hydrogen) atoms. The fraction of sp³-hybridized carbons (Fsp3) is 0.492. The summed E-state index contributed by atoms with van der Waals surface area (Å²) < 4.78 is 164. The molecule has 5 fully saturated rings. The predicted octanol–water partition coefficient (Wildman–Crippen LogP) is 13.2. The Morgan fingerprint density at radius 3 is 1.90 bits per heavy atom. The fourth-order valence-electron chi connectivity index (χ4n) is 13.9. The first-order valence-corrected chi connectivity index (χ1v) is 30.7. The molecule has 17 nitrogen and oxygen atoms in total. The summed E-state index contributed by atoms with van der Waals surface area (Å²) in [7, 11) is 2.75. The summed E-state index contributed by atoms with van der Waals surface area (Å²) in [4.78, 5) is 33.1. The first-order chi connectivity index (χ1) is 43.3. The molecule has 13 heterocycles. The van der Waals surface area contributed by atoms with Crippen molar-refractivity contribution in [3.05, 3.63) is 87.2 Å². The van der Waals surface area contributed by atoms with E-state index in [1.165, 1.54) is 53.8 Å². The Morgan fingerprint density at radius 2 is 1.29 bits per heavy atom. The smallest absolute Gasteiger partial charge is 0.418 e. The number of hydrogen-bond acceptors (Lipinski definition) is 17. The number of halogens is 11. The molecule has 7 aliphatic rings. The van der Waals surface area contributed by atoms with Gasteiger partial charge in [-0.3, -0.25) is 9.80 Å². The van der Waals surface area contributed by atoms with Crippen LogP contribution < -0.4 is 45.9 Å². The number of nitrogen functional groups attached to an aromatic ring is 3. The van der Waals surface area contributed by atoms with Crippen LogP contribution in [0.1, 0.15) is 105 Å². The number of nitrogens with zero attached hydrogens (tertiary/aromatic N) is 10. The van der Waals surface area contributed by atoms with Gasteiger partial charge in [0.15, 0.2) is 11.6 Å². The van der Waals surface area contributed by atoms with Crippen molar-refractivity contribution in [1.82, 2.24) is 39.7 Å².